The molecule has 0 fully saturated rings. The molecule has 0 radical (unpaired) electrons. The molecular weight excluding hydrogens is 358 g/mol. The average Bonchev–Trinajstić information content (AvgIpc) is 2.73. The van der Waals surface area contributed by atoms with E-state index in [0.717, 1.165) is 0 Å². The summed E-state index contributed by atoms with van der Waals surface area (Å²) in [6, 6.07) is 17.5. The van der Waals surface area contributed by atoms with Crippen LogP contribution in [0.2, 0.25) is 0 Å². The third kappa shape index (κ3) is 5.88. The summed E-state index contributed by atoms with van der Waals surface area (Å²) in [6.07, 6.45) is 0.877. The van der Waals surface area contributed by atoms with Crippen molar-refractivity contribution in [3.63, 3.8) is 0 Å². The van der Waals surface area contributed by atoms with Crippen LogP contribution in [0.1, 0.15) is 46.9 Å². The van der Waals surface area contributed by atoms with Crippen molar-refractivity contribution in [1.82, 2.24) is 15.9 Å². The van der Waals surface area contributed by atoms with Crippen LogP contribution in [0.25, 0.3) is 0 Å². The zero-order valence-corrected chi connectivity index (χ0v) is 15.9. The molecule has 0 aliphatic heterocycles. The predicted octanol–water partition coefficient (Wildman–Crippen LogP) is 2.96. The van der Waals surface area contributed by atoms with E-state index in [4.69, 9.17) is 0 Å². The number of nitrogens with one attached hydrogen (secondary N) is 2. The van der Waals surface area contributed by atoms with Gasteiger partial charge in [-0.3, -0.25) is 14.8 Å². The minimum atomic E-state index is -1.09. The molecule has 0 atom stereocenters. The molecule has 0 aliphatic rings. The molecule has 150 valence electrons. The lowest BCUT2D eigenvalue weighted by Crippen LogP contribution is -2.48. The first kappa shape index (κ1) is 21.6. The van der Waals surface area contributed by atoms with E-state index in [2.05, 4.69) is 10.6 Å². The molecule has 2 rings (SSSR count). The van der Waals surface area contributed by atoms with Crippen LogP contribution in [0.4, 0.5) is 0 Å². The van der Waals surface area contributed by atoms with E-state index < -0.39 is 5.54 Å². The van der Waals surface area contributed by atoms with Gasteiger partial charge in [-0.15, -0.1) is 0 Å². The van der Waals surface area contributed by atoms with Crippen LogP contribution in [0.15, 0.2) is 60.7 Å². The van der Waals surface area contributed by atoms with Gasteiger partial charge in [0, 0.05) is 29.8 Å². The van der Waals surface area contributed by atoms with E-state index in [0.29, 0.717) is 17.5 Å². The summed E-state index contributed by atoms with van der Waals surface area (Å²) in [5.41, 5.74) is -0.0288. The summed E-state index contributed by atoms with van der Waals surface area (Å²) in [5, 5.41) is 27.0. The second-order valence-corrected chi connectivity index (χ2v) is 6.59. The number of rotatable bonds is 10. The van der Waals surface area contributed by atoms with Gasteiger partial charge in [0.15, 0.2) is 0 Å². The number of nitrogens with zero attached hydrogens (tertiary/aromatic N) is 1. The molecule has 0 saturated heterocycles. The van der Waals surface area contributed by atoms with Gasteiger partial charge in [0.2, 0.25) is 0 Å². The maximum absolute atomic E-state index is 12.1. The van der Waals surface area contributed by atoms with Crippen molar-refractivity contribution in [2.45, 2.75) is 31.7 Å². The predicted molar refractivity (Wildman–Crippen MR) is 107 cm³/mol. The summed E-state index contributed by atoms with van der Waals surface area (Å²) in [6.45, 7) is 2.25. The van der Waals surface area contributed by atoms with Gasteiger partial charge in [-0.25, -0.2) is 0 Å². The molecule has 2 aromatic rings. The van der Waals surface area contributed by atoms with E-state index in [1.54, 1.807) is 55.5 Å². The summed E-state index contributed by atoms with van der Waals surface area (Å²) in [4.78, 5) is 24.3. The van der Waals surface area contributed by atoms with Gasteiger partial charge in [0.1, 0.15) is 0 Å². The van der Waals surface area contributed by atoms with Crippen LogP contribution in [-0.4, -0.2) is 40.9 Å². The Bertz CT molecular complexity index is 693. The Morgan fingerprint density at radius 1 is 0.893 bits per heavy atom. The Hall–Kier alpha value is -2.74. The summed E-state index contributed by atoms with van der Waals surface area (Å²) in [5.74, 6) is -0.475. The number of hydrogen-bond donors (Lipinski definition) is 3. The van der Waals surface area contributed by atoms with Crippen molar-refractivity contribution in [3.05, 3.63) is 77.0 Å². The molecule has 2 amide bonds. The van der Waals surface area contributed by atoms with Crippen LogP contribution in [0.3, 0.4) is 0 Å². The third-order valence-corrected chi connectivity index (χ3v) is 4.89. The normalized spacial score (nSPS) is 11.3. The lowest BCUT2D eigenvalue weighted by atomic mass is 9.88. The van der Waals surface area contributed by atoms with Crippen LogP contribution in [-0.2, 0) is 0 Å². The third-order valence-electron chi connectivity index (χ3n) is 4.89. The first-order chi connectivity index (χ1) is 13.5. The number of benzene rings is 2. The fourth-order valence-corrected chi connectivity index (χ4v) is 3.01. The molecule has 0 aromatic heterocycles. The van der Waals surface area contributed by atoms with Gasteiger partial charge in [-0.05, 0) is 43.5 Å². The fraction of sp³-hybridized carbons (Fsp3) is 0.333. The van der Waals surface area contributed by atoms with Crippen LogP contribution >= 0.6 is 0 Å². The van der Waals surface area contributed by atoms with Crippen LogP contribution < -0.4 is 10.6 Å². The zero-order chi connectivity index (χ0) is 20.4. The highest BCUT2D eigenvalue weighted by Gasteiger charge is 2.29. The molecule has 28 heavy (non-hydrogen) atoms. The first-order valence-electron chi connectivity index (χ1n) is 9.31. The second kappa shape index (κ2) is 10.6. The SMILES string of the molecule is CCC(CCNC(=O)c1ccccc1)(CCNC(=O)c1ccccc1)N([O-])O. The smallest absolute Gasteiger partial charge is 0.251 e. The van der Waals surface area contributed by atoms with Gasteiger partial charge in [-0.1, -0.05) is 43.3 Å². The average molecular weight is 384 g/mol. The van der Waals surface area contributed by atoms with Crippen molar-refractivity contribution in [1.29, 1.82) is 0 Å². The zero-order valence-electron chi connectivity index (χ0n) is 15.9. The molecule has 3 N–H and O–H groups in total. The Morgan fingerprint density at radius 3 is 1.61 bits per heavy atom. The van der Waals surface area contributed by atoms with Crippen molar-refractivity contribution in [2.24, 2.45) is 0 Å². The van der Waals surface area contributed by atoms with Crippen molar-refractivity contribution in [2.75, 3.05) is 13.1 Å². The van der Waals surface area contributed by atoms with Gasteiger partial charge in [0.25, 0.3) is 11.8 Å². The molecule has 0 heterocycles. The lowest BCUT2D eigenvalue weighted by molar-refractivity contribution is -0.138. The highest BCUT2D eigenvalue weighted by molar-refractivity contribution is 5.94. The highest BCUT2D eigenvalue weighted by Crippen LogP contribution is 2.25. The van der Waals surface area contributed by atoms with Crippen molar-refractivity contribution >= 4 is 11.8 Å². The quantitative estimate of drug-likeness (QED) is 0.546. The van der Waals surface area contributed by atoms with Gasteiger partial charge in [0.05, 0.1) is 0 Å². The van der Waals surface area contributed by atoms with Crippen LogP contribution in [0.5, 0.6) is 0 Å². The number of carbonyl (C=O) groups is 2. The van der Waals surface area contributed by atoms with E-state index in [-0.39, 0.29) is 43.0 Å². The van der Waals surface area contributed by atoms with Crippen LogP contribution in [0, 0.1) is 5.21 Å². The van der Waals surface area contributed by atoms with Gasteiger partial charge < -0.3 is 21.0 Å². The monoisotopic (exact) mass is 384 g/mol. The molecule has 0 bridgehead atoms. The van der Waals surface area contributed by atoms with E-state index in [9.17, 15) is 20.0 Å². The number of hydroxylamine groups is 2. The highest BCUT2D eigenvalue weighted by atomic mass is 16.8. The van der Waals surface area contributed by atoms with Crippen molar-refractivity contribution < 1.29 is 14.8 Å². The standard InChI is InChI=1S/C21H26N3O4/c1-2-21(24(27)28,13-15-22-19(25)17-9-5-3-6-10-17)14-16-23-20(26)18-11-7-4-8-12-18/h3-12,27H,2,13-16H2,1H3,(H,22,25)(H,23,26)/q-1. The van der Waals surface area contributed by atoms with Gasteiger partial charge in [-0.2, -0.15) is 0 Å². The first-order valence-corrected chi connectivity index (χ1v) is 9.31. The Morgan fingerprint density at radius 2 is 1.29 bits per heavy atom. The number of carbonyl (C=O) groups excluding carboxylic acids is 2. The molecule has 0 unspecified atom stereocenters. The molecule has 0 spiro atoms. The summed E-state index contributed by atoms with van der Waals surface area (Å²) in [7, 11) is 0. The number of hydrogen-bond acceptors (Lipinski definition) is 5. The minimum absolute atomic E-state index is 0.0453. The topological polar surface area (TPSA) is 105 Å². The Balaban J connectivity index is 1.88. The number of amides is 2. The molecule has 2 aromatic carbocycles. The molecule has 7 heteroatoms. The van der Waals surface area contributed by atoms with Gasteiger partial charge >= 0.3 is 0 Å². The minimum Gasteiger partial charge on any atom is -0.762 e. The van der Waals surface area contributed by atoms with E-state index in [1.807, 2.05) is 12.1 Å². The maximum Gasteiger partial charge on any atom is 0.251 e. The largest absolute Gasteiger partial charge is 0.762 e. The molecule has 7 nitrogen and oxygen atoms in total. The Kier molecular flexibility index (Phi) is 8.13. The van der Waals surface area contributed by atoms with E-state index >= 15 is 0 Å². The van der Waals surface area contributed by atoms with E-state index in [1.165, 1.54) is 0 Å². The summed E-state index contributed by atoms with van der Waals surface area (Å²) >= 11 is 0. The molecule has 0 saturated carbocycles. The Labute approximate surface area is 164 Å². The molecule has 0 aliphatic carbocycles. The van der Waals surface area contributed by atoms with Crippen molar-refractivity contribution in [3.8, 4) is 0 Å². The lowest BCUT2D eigenvalue weighted by Gasteiger charge is -2.44. The maximum atomic E-state index is 12.1. The molecular formula is C21H26N3O4-. The fourth-order valence-electron chi connectivity index (χ4n) is 3.01. The second-order valence-electron chi connectivity index (χ2n) is 6.59. The summed E-state index contributed by atoms with van der Waals surface area (Å²) < 4.78 is 0.